The van der Waals surface area contributed by atoms with E-state index in [1.165, 1.54) is 32.6 Å². The lowest BCUT2D eigenvalue weighted by atomic mass is 9.96. The van der Waals surface area contributed by atoms with Gasteiger partial charge in [0.25, 0.3) is 0 Å². The number of aromatic nitrogens is 4. The smallest absolute Gasteiger partial charge is 0.160 e. The van der Waals surface area contributed by atoms with Gasteiger partial charge in [-0.3, -0.25) is 0 Å². The minimum atomic E-state index is 0.707. The van der Waals surface area contributed by atoms with Crippen molar-refractivity contribution < 1.29 is 0 Å². The van der Waals surface area contributed by atoms with Gasteiger partial charge in [0, 0.05) is 55.0 Å². The van der Waals surface area contributed by atoms with Gasteiger partial charge in [-0.2, -0.15) is 0 Å². The Bertz CT molecular complexity index is 3560. The second kappa shape index (κ2) is 14.3. The lowest BCUT2D eigenvalue weighted by Gasteiger charge is -2.14. The van der Waals surface area contributed by atoms with Gasteiger partial charge in [0.15, 0.2) is 5.82 Å². The molecule has 284 valence electrons. The van der Waals surface area contributed by atoms with E-state index >= 15 is 0 Å². The highest BCUT2D eigenvalue weighted by molar-refractivity contribution is 6.22. The molecule has 3 aromatic heterocycles. The van der Waals surface area contributed by atoms with Crippen LogP contribution in [0.25, 0.3) is 116 Å². The Labute approximate surface area is 352 Å². The lowest BCUT2D eigenvalue weighted by molar-refractivity contribution is 1.18. The summed E-state index contributed by atoms with van der Waals surface area (Å²) in [5.41, 5.74) is 13.7. The van der Waals surface area contributed by atoms with Crippen LogP contribution < -0.4 is 0 Å². The molecule has 0 amide bonds. The zero-order chi connectivity index (χ0) is 40.3. The second-order valence-electron chi connectivity index (χ2n) is 15.6. The van der Waals surface area contributed by atoms with Gasteiger partial charge in [0.1, 0.15) is 0 Å². The first-order valence-corrected chi connectivity index (χ1v) is 20.7. The molecule has 0 fully saturated rings. The number of nitrogens with zero attached hydrogens (tertiary/aromatic N) is 4. The second-order valence-corrected chi connectivity index (χ2v) is 15.6. The number of benzene rings is 9. The summed E-state index contributed by atoms with van der Waals surface area (Å²) < 4.78 is 2.45. The molecule has 9 aromatic carbocycles. The Morgan fingerprint density at radius 3 is 1.69 bits per heavy atom. The van der Waals surface area contributed by atoms with E-state index in [4.69, 9.17) is 15.0 Å². The number of hydrogen-bond donors (Lipinski definition) is 0. The molecule has 4 heteroatoms. The topological polar surface area (TPSA) is 43.6 Å². The van der Waals surface area contributed by atoms with Crippen LogP contribution in [-0.4, -0.2) is 19.5 Å². The molecular formula is C57H36N4. The molecule has 12 aromatic rings. The lowest BCUT2D eigenvalue weighted by Crippen LogP contribution is -1.96. The van der Waals surface area contributed by atoms with Crippen molar-refractivity contribution in [3.8, 4) is 62.0 Å². The van der Waals surface area contributed by atoms with Crippen LogP contribution >= 0.6 is 0 Å². The van der Waals surface area contributed by atoms with Crippen molar-refractivity contribution in [3.63, 3.8) is 0 Å². The minimum Gasteiger partial charge on any atom is -0.309 e. The third-order valence-corrected chi connectivity index (χ3v) is 11.9. The average molecular weight is 777 g/mol. The van der Waals surface area contributed by atoms with Crippen LogP contribution in [0.3, 0.4) is 0 Å². The quantitative estimate of drug-likeness (QED) is 0.158. The molecular weight excluding hydrogens is 741 g/mol. The van der Waals surface area contributed by atoms with E-state index < -0.39 is 0 Å². The summed E-state index contributed by atoms with van der Waals surface area (Å²) in [4.78, 5) is 15.5. The van der Waals surface area contributed by atoms with Crippen LogP contribution in [0.4, 0.5) is 0 Å². The highest BCUT2D eigenvalue weighted by Crippen LogP contribution is 2.43. The summed E-state index contributed by atoms with van der Waals surface area (Å²) in [7, 11) is 0. The molecule has 3 heterocycles. The van der Waals surface area contributed by atoms with Crippen molar-refractivity contribution in [2.45, 2.75) is 0 Å². The van der Waals surface area contributed by atoms with Gasteiger partial charge in [-0.05, 0) is 70.3 Å². The van der Waals surface area contributed by atoms with Gasteiger partial charge in [-0.1, -0.05) is 170 Å². The fourth-order valence-electron chi connectivity index (χ4n) is 9.05. The third-order valence-electron chi connectivity index (χ3n) is 11.9. The molecule has 0 aliphatic heterocycles. The summed E-state index contributed by atoms with van der Waals surface area (Å²) in [5.74, 6) is 0.707. The van der Waals surface area contributed by atoms with Gasteiger partial charge in [-0.15, -0.1) is 0 Å². The maximum Gasteiger partial charge on any atom is 0.160 e. The van der Waals surface area contributed by atoms with Gasteiger partial charge < -0.3 is 4.57 Å². The predicted octanol–water partition coefficient (Wildman–Crippen LogP) is 14.8. The van der Waals surface area contributed by atoms with Crippen LogP contribution in [0.15, 0.2) is 218 Å². The molecule has 0 unspecified atom stereocenters. The number of fused-ring (bicyclic) bond motifs is 7. The molecule has 61 heavy (non-hydrogen) atoms. The van der Waals surface area contributed by atoms with Crippen LogP contribution in [-0.2, 0) is 0 Å². The number of pyridine rings is 1. The fraction of sp³-hybridized carbons (Fsp3) is 0. The van der Waals surface area contributed by atoms with E-state index in [2.05, 4.69) is 199 Å². The van der Waals surface area contributed by atoms with Crippen molar-refractivity contribution in [2.75, 3.05) is 0 Å². The molecule has 0 N–H and O–H groups in total. The number of hydrogen-bond acceptors (Lipinski definition) is 3. The van der Waals surface area contributed by atoms with Crippen molar-refractivity contribution in [1.82, 2.24) is 19.5 Å². The first-order valence-electron chi connectivity index (χ1n) is 20.7. The first kappa shape index (κ1) is 34.8. The van der Waals surface area contributed by atoms with E-state index in [1.54, 1.807) is 0 Å². The Hall–Kier alpha value is -8.21. The van der Waals surface area contributed by atoms with Crippen molar-refractivity contribution in [2.24, 2.45) is 0 Å². The Balaban J connectivity index is 1.08. The molecule has 0 spiro atoms. The SMILES string of the molecule is c1ccc(-c2cc(-c3ccc4ccc(-c5cccc6c7cc8c(cc7n(-c7ccccc7)c56)c(-c5ccccc5)nc5ccccc58)cc4c3)nc(-c3ccccc3)n2)cc1. The Kier molecular flexibility index (Phi) is 8.13. The fourth-order valence-corrected chi connectivity index (χ4v) is 9.05. The standard InChI is InChI=1S/C57H36N4/c1-5-16-38(17-6-1)52-36-53(60-57(59-52)40-20-9-3-10-21-40)42-31-29-37-28-30-41(32-43(37)33-42)45-25-15-26-47-49-34-48-46-24-13-14-27-51(46)58-55(39-18-7-2-8-19-39)50(48)35-54(49)61(56(45)47)44-22-11-4-12-23-44/h1-36H. The van der Waals surface area contributed by atoms with Crippen LogP contribution in [0.5, 0.6) is 0 Å². The van der Waals surface area contributed by atoms with Crippen molar-refractivity contribution in [3.05, 3.63) is 218 Å². The largest absolute Gasteiger partial charge is 0.309 e. The summed E-state index contributed by atoms with van der Waals surface area (Å²) >= 11 is 0. The normalized spacial score (nSPS) is 11.6. The molecule has 0 aliphatic carbocycles. The van der Waals surface area contributed by atoms with E-state index in [-0.39, 0.29) is 0 Å². The predicted molar refractivity (Wildman–Crippen MR) is 254 cm³/mol. The molecule has 0 atom stereocenters. The maximum absolute atomic E-state index is 5.28. The van der Waals surface area contributed by atoms with Gasteiger partial charge in [-0.25, -0.2) is 15.0 Å². The summed E-state index contributed by atoms with van der Waals surface area (Å²) in [6.45, 7) is 0. The molecule has 0 saturated carbocycles. The van der Waals surface area contributed by atoms with Crippen molar-refractivity contribution in [1.29, 1.82) is 0 Å². The van der Waals surface area contributed by atoms with Gasteiger partial charge in [0.05, 0.1) is 33.6 Å². The average Bonchev–Trinajstić information content (AvgIpc) is 3.67. The molecule has 12 rings (SSSR count). The zero-order valence-electron chi connectivity index (χ0n) is 33.1. The highest BCUT2D eigenvalue weighted by Gasteiger charge is 2.20. The van der Waals surface area contributed by atoms with E-state index in [0.29, 0.717) is 5.82 Å². The van der Waals surface area contributed by atoms with Crippen LogP contribution in [0.1, 0.15) is 0 Å². The highest BCUT2D eigenvalue weighted by atomic mass is 15.0. The summed E-state index contributed by atoms with van der Waals surface area (Å²) in [6.07, 6.45) is 0. The Morgan fingerprint density at radius 2 is 0.934 bits per heavy atom. The minimum absolute atomic E-state index is 0.707. The molecule has 4 nitrogen and oxygen atoms in total. The van der Waals surface area contributed by atoms with Gasteiger partial charge >= 0.3 is 0 Å². The molecule has 0 aliphatic rings. The third kappa shape index (κ3) is 5.96. The monoisotopic (exact) mass is 776 g/mol. The first-order chi connectivity index (χ1) is 30.2. The molecule has 0 radical (unpaired) electrons. The van der Waals surface area contributed by atoms with Crippen molar-refractivity contribution >= 4 is 54.3 Å². The summed E-state index contributed by atoms with van der Waals surface area (Å²) in [6, 6.07) is 77.5. The van der Waals surface area contributed by atoms with Crippen LogP contribution in [0.2, 0.25) is 0 Å². The van der Waals surface area contributed by atoms with E-state index in [9.17, 15) is 0 Å². The van der Waals surface area contributed by atoms with E-state index in [0.717, 1.165) is 77.8 Å². The Morgan fingerprint density at radius 1 is 0.328 bits per heavy atom. The molecule has 0 bridgehead atoms. The number of para-hydroxylation sites is 3. The van der Waals surface area contributed by atoms with Crippen LogP contribution in [0, 0.1) is 0 Å². The van der Waals surface area contributed by atoms with E-state index in [1.807, 2.05) is 24.3 Å². The summed E-state index contributed by atoms with van der Waals surface area (Å²) in [5, 5.41) is 8.21. The number of rotatable bonds is 6. The maximum atomic E-state index is 5.28. The van der Waals surface area contributed by atoms with Gasteiger partial charge in [0.2, 0.25) is 0 Å². The molecule has 0 saturated heterocycles. The zero-order valence-corrected chi connectivity index (χ0v) is 33.1.